The first-order valence-corrected chi connectivity index (χ1v) is 8.77. The average molecular weight is 314 g/mol. The summed E-state index contributed by atoms with van der Waals surface area (Å²) < 4.78 is 2.00. The lowest BCUT2D eigenvalue weighted by Crippen LogP contribution is -2.11. The highest BCUT2D eigenvalue weighted by Gasteiger charge is 2.24. The SMILES string of the molecule is CCC(=O)CC(C)(C)C.Cc1nn2ccccc2c1C1CCC1. The number of Topliss-reactive ketones (excluding diaryl/α,β-unsaturated/α-hetero) is 1. The van der Waals surface area contributed by atoms with E-state index in [1.807, 2.05) is 23.7 Å². The van der Waals surface area contributed by atoms with Gasteiger partial charge in [0.15, 0.2) is 0 Å². The summed E-state index contributed by atoms with van der Waals surface area (Å²) in [5.74, 6) is 1.14. The zero-order valence-electron chi connectivity index (χ0n) is 15.2. The Kier molecular flexibility index (Phi) is 5.61. The zero-order chi connectivity index (χ0) is 17.0. The molecule has 0 N–H and O–H groups in total. The minimum Gasteiger partial charge on any atom is -0.300 e. The van der Waals surface area contributed by atoms with Crippen LogP contribution in [0, 0.1) is 12.3 Å². The summed E-state index contributed by atoms with van der Waals surface area (Å²) in [6.07, 6.45) is 7.49. The molecule has 3 rings (SSSR count). The second kappa shape index (κ2) is 7.29. The molecule has 126 valence electrons. The highest BCUT2D eigenvalue weighted by atomic mass is 16.1. The van der Waals surface area contributed by atoms with Crippen LogP contribution in [0.1, 0.15) is 77.0 Å². The molecule has 1 saturated carbocycles. The van der Waals surface area contributed by atoms with Gasteiger partial charge in [-0.3, -0.25) is 4.79 Å². The zero-order valence-corrected chi connectivity index (χ0v) is 15.2. The van der Waals surface area contributed by atoms with Crippen LogP contribution in [-0.4, -0.2) is 15.4 Å². The van der Waals surface area contributed by atoms with Gasteiger partial charge < -0.3 is 0 Å². The molecule has 23 heavy (non-hydrogen) atoms. The maximum absolute atomic E-state index is 10.8. The third-order valence-corrected chi connectivity index (χ3v) is 4.40. The number of pyridine rings is 1. The van der Waals surface area contributed by atoms with Crippen molar-refractivity contribution < 1.29 is 4.79 Å². The minimum absolute atomic E-state index is 0.174. The topological polar surface area (TPSA) is 34.4 Å². The summed E-state index contributed by atoms with van der Waals surface area (Å²) in [6.45, 7) is 10.3. The van der Waals surface area contributed by atoms with Crippen molar-refractivity contribution in [3.63, 3.8) is 0 Å². The Bertz CT molecular complexity index is 660. The van der Waals surface area contributed by atoms with Gasteiger partial charge in [0.1, 0.15) is 5.78 Å². The molecular weight excluding hydrogens is 284 g/mol. The van der Waals surface area contributed by atoms with Crippen molar-refractivity contribution in [3.8, 4) is 0 Å². The minimum atomic E-state index is 0.174. The Morgan fingerprint density at radius 2 is 2.00 bits per heavy atom. The smallest absolute Gasteiger partial charge is 0.133 e. The standard InChI is InChI=1S/C12H14N2.C8H16O/c1-9-12(10-5-4-6-10)11-7-2-3-8-14(11)13-9;1-5-7(9)6-8(2,3)4/h2-3,7-8,10H,4-6H2,1H3;5-6H2,1-4H3. The van der Waals surface area contributed by atoms with Crippen LogP contribution in [0.5, 0.6) is 0 Å². The van der Waals surface area contributed by atoms with E-state index in [-0.39, 0.29) is 5.41 Å². The lowest BCUT2D eigenvalue weighted by atomic mass is 9.79. The number of carbonyl (C=O) groups excluding carboxylic acids is 1. The first-order chi connectivity index (χ1) is 10.8. The molecule has 2 aromatic rings. The number of hydrogen-bond donors (Lipinski definition) is 0. The molecule has 2 aromatic heterocycles. The van der Waals surface area contributed by atoms with E-state index in [9.17, 15) is 4.79 Å². The van der Waals surface area contributed by atoms with Gasteiger partial charge in [-0.1, -0.05) is 40.2 Å². The molecule has 0 unspecified atom stereocenters. The molecule has 0 saturated heterocycles. The van der Waals surface area contributed by atoms with Gasteiger partial charge in [0.05, 0.1) is 11.2 Å². The van der Waals surface area contributed by atoms with Crippen LogP contribution >= 0.6 is 0 Å². The van der Waals surface area contributed by atoms with Gasteiger partial charge in [-0.05, 0) is 43.2 Å². The largest absolute Gasteiger partial charge is 0.300 e. The van der Waals surface area contributed by atoms with Crippen molar-refractivity contribution in [3.05, 3.63) is 35.7 Å². The Morgan fingerprint density at radius 3 is 2.48 bits per heavy atom. The Hall–Kier alpha value is -1.64. The van der Waals surface area contributed by atoms with Gasteiger partial charge in [-0.25, -0.2) is 4.52 Å². The van der Waals surface area contributed by atoms with E-state index in [0.29, 0.717) is 18.6 Å². The first kappa shape index (κ1) is 17.7. The molecule has 1 aliphatic rings. The fourth-order valence-corrected chi connectivity index (χ4v) is 3.05. The van der Waals surface area contributed by atoms with Crippen LogP contribution < -0.4 is 0 Å². The van der Waals surface area contributed by atoms with Crippen molar-refractivity contribution in [1.82, 2.24) is 9.61 Å². The highest BCUT2D eigenvalue weighted by molar-refractivity contribution is 5.78. The van der Waals surface area contributed by atoms with E-state index in [2.05, 4.69) is 44.9 Å². The van der Waals surface area contributed by atoms with Gasteiger partial charge in [0.25, 0.3) is 0 Å². The normalized spacial score (nSPS) is 15.0. The van der Waals surface area contributed by atoms with Crippen LogP contribution in [0.3, 0.4) is 0 Å². The predicted octanol–water partition coefficient (Wildman–Crippen LogP) is 5.31. The summed E-state index contributed by atoms with van der Waals surface area (Å²) in [7, 11) is 0. The number of aromatic nitrogens is 2. The van der Waals surface area contributed by atoms with Crippen LogP contribution in [0.4, 0.5) is 0 Å². The van der Waals surface area contributed by atoms with Crippen molar-refractivity contribution >= 4 is 11.3 Å². The summed E-state index contributed by atoms with van der Waals surface area (Å²) in [6, 6.07) is 6.30. The fourth-order valence-electron chi connectivity index (χ4n) is 3.05. The number of carbonyl (C=O) groups is 1. The van der Waals surface area contributed by atoms with Crippen LogP contribution in [0.25, 0.3) is 5.52 Å². The summed E-state index contributed by atoms with van der Waals surface area (Å²) >= 11 is 0. The average Bonchev–Trinajstić information content (AvgIpc) is 2.73. The van der Waals surface area contributed by atoms with Gasteiger partial charge in [0.2, 0.25) is 0 Å². The molecule has 0 amide bonds. The monoisotopic (exact) mass is 314 g/mol. The number of hydrogen-bond acceptors (Lipinski definition) is 2. The summed E-state index contributed by atoms with van der Waals surface area (Å²) in [5, 5.41) is 4.53. The number of ketones is 1. The molecule has 0 spiro atoms. The second-order valence-corrected chi connectivity index (χ2v) is 7.79. The molecule has 3 nitrogen and oxygen atoms in total. The molecule has 1 fully saturated rings. The third-order valence-electron chi connectivity index (χ3n) is 4.40. The van der Waals surface area contributed by atoms with Crippen molar-refractivity contribution in [2.45, 2.75) is 72.6 Å². The Balaban J connectivity index is 0.000000188. The van der Waals surface area contributed by atoms with E-state index < -0.39 is 0 Å². The molecule has 0 bridgehead atoms. The van der Waals surface area contributed by atoms with Gasteiger partial charge in [0, 0.05) is 24.6 Å². The first-order valence-electron chi connectivity index (χ1n) is 8.77. The molecule has 0 aromatic carbocycles. The fraction of sp³-hybridized carbons (Fsp3) is 0.600. The number of rotatable bonds is 3. The number of nitrogens with zero attached hydrogens (tertiary/aromatic N) is 2. The molecule has 0 atom stereocenters. The molecule has 2 heterocycles. The molecular formula is C20H30N2O. The lowest BCUT2D eigenvalue weighted by molar-refractivity contribution is -0.120. The maximum atomic E-state index is 10.8. The van der Waals surface area contributed by atoms with E-state index in [1.54, 1.807) is 0 Å². The van der Waals surface area contributed by atoms with Crippen LogP contribution in [0.15, 0.2) is 24.4 Å². The predicted molar refractivity (Wildman–Crippen MR) is 95.9 cm³/mol. The van der Waals surface area contributed by atoms with Crippen molar-refractivity contribution in [2.24, 2.45) is 5.41 Å². The van der Waals surface area contributed by atoms with Crippen molar-refractivity contribution in [1.29, 1.82) is 0 Å². The van der Waals surface area contributed by atoms with E-state index >= 15 is 0 Å². The third kappa shape index (κ3) is 4.66. The molecule has 1 aliphatic carbocycles. The van der Waals surface area contributed by atoms with Crippen LogP contribution in [-0.2, 0) is 4.79 Å². The van der Waals surface area contributed by atoms with E-state index in [0.717, 1.165) is 5.92 Å². The summed E-state index contributed by atoms with van der Waals surface area (Å²) in [4.78, 5) is 10.8. The number of aryl methyl sites for hydroxylation is 1. The van der Waals surface area contributed by atoms with Gasteiger partial charge in [-0.2, -0.15) is 5.10 Å². The lowest BCUT2D eigenvalue weighted by Gasteiger charge is -2.25. The van der Waals surface area contributed by atoms with E-state index in [1.165, 1.54) is 36.0 Å². The molecule has 0 aliphatic heterocycles. The quantitative estimate of drug-likeness (QED) is 0.769. The maximum Gasteiger partial charge on any atom is 0.133 e. The Morgan fingerprint density at radius 1 is 1.30 bits per heavy atom. The Labute approximate surface area is 140 Å². The second-order valence-electron chi connectivity index (χ2n) is 7.79. The molecule has 0 radical (unpaired) electrons. The summed E-state index contributed by atoms with van der Waals surface area (Å²) in [5.41, 5.74) is 4.17. The van der Waals surface area contributed by atoms with Crippen LogP contribution in [0.2, 0.25) is 0 Å². The molecule has 3 heteroatoms. The van der Waals surface area contributed by atoms with Crippen molar-refractivity contribution in [2.75, 3.05) is 0 Å². The van der Waals surface area contributed by atoms with Gasteiger partial charge in [-0.15, -0.1) is 0 Å². The number of fused-ring (bicyclic) bond motifs is 1. The van der Waals surface area contributed by atoms with Gasteiger partial charge >= 0.3 is 0 Å². The highest BCUT2D eigenvalue weighted by Crippen LogP contribution is 2.39. The van der Waals surface area contributed by atoms with E-state index in [4.69, 9.17) is 0 Å².